The second-order valence-electron chi connectivity index (χ2n) is 7.69. The van der Waals surface area contributed by atoms with Gasteiger partial charge in [0, 0.05) is 31.0 Å². The lowest BCUT2D eigenvalue weighted by molar-refractivity contribution is 0.0464. The van der Waals surface area contributed by atoms with Gasteiger partial charge in [0.25, 0.3) is 0 Å². The van der Waals surface area contributed by atoms with E-state index in [4.69, 9.17) is 4.74 Å². The number of hydrogen-bond acceptors (Lipinski definition) is 5. The minimum Gasteiger partial charge on any atom is -0.447 e. The first-order chi connectivity index (χ1) is 14.3. The predicted molar refractivity (Wildman–Crippen MR) is 121 cm³/mol. The van der Waals surface area contributed by atoms with E-state index in [2.05, 4.69) is 53.4 Å². The Morgan fingerprint density at radius 1 is 1.20 bits per heavy atom. The van der Waals surface area contributed by atoms with Crippen LogP contribution in [0.15, 0.2) is 24.4 Å². The van der Waals surface area contributed by atoms with Gasteiger partial charge in [-0.1, -0.05) is 13.8 Å². The largest absolute Gasteiger partial charge is 0.447 e. The Labute approximate surface area is 180 Å². The van der Waals surface area contributed by atoms with Crippen molar-refractivity contribution in [2.75, 3.05) is 31.1 Å². The van der Waals surface area contributed by atoms with Crippen molar-refractivity contribution in [1.82, 2.24) is 14.5 Å². The van der Waals surface area contributed by atoms with Gasteiger partial charge in [-0.15, -0.1) is 0 Å². The summed E-state index contributed by atoms with van der Waals surface area (Å²) in [5.74, 6) is 0.902. The molecule has 0 radical (unpaired) electrons. The lowest BCUT2D eigenvalue weighted by Gasteiger charge is -2.41. The van der Waals surface area contributed by atoms with E-state index in [1.54, 1.807) is 4.90 Å². The molecule has 1 amide bonds. The summed E-state index contributed by atoms with van der Waals surface area (Å²) in [5, 5.41) is 9.81. The lowest BCUT2D eigenvalue weighted by Crippen LogP contribution is -2.57. The zero-order valence-corrected chi connectivity index (χ0v) is 19.3. The Morgan fingerprint density at radius 2 is 1.83 bits per heavy atom. The van der Waals surface area contributed by atoms with Gasteiger partial charge in [0.1, 0.15) is 5.82 Å². The molecule has 2 aromatic rings. The molecule has 1 atom stereocenters. The van der Waals surface area contributed by atoms with E-state index in [0.29, 0.717) is 19.6 Å². The van der Waals surface area contributed by atoms with Gasteiger partial charge in [0.2, 0.25) is 0 Å². The maximum absolute atomic E-state index is 12.3. The molecule has 1 N–H and O–H groups in total. The minimum absolute atomic E-state index is 0.101. The van der Waals surface area contributed by atoms with Crippen LogP contribution in [-0.4, -0.2) is 64.0 Å². The normalized spacial score (nSPS) is 16.4. The molecule has 3 heterocycles. The summed E-state index contributed by atoms with van der Waals surface area (Å²) >= 11 is 0. The van der Waals surface area contributed by atoms with Gasteiger partial charge < -0.3 is 19.3 Å². The number of aryl methyl sites for hydroxylation is 3. The van der Waals surface area contributed by atoms with Crippen LogP contribution in [0.1, 0.15) is 44.6 Å². The minimum atomic E-state index is -0.363. The fourth-order valence-corrected chi connectivity index (χ4v) is 3.76. The number of rotatable bonds is 4. The highest BCUT2D eigenvalue weighted by atomic mass is 16.6. The number of piperazine rings is 1. The van der Waals surface area contributed by atoms with Crippen molar-refractivity contribution in [2.24, 2.45) is 0 Å². The average Bonchev–Trinajstić information content (AvgIpc) is 3.06. The Balaban J connectivity index is 0.00000155. The van der Waals surface area contributed by atoms with E-state index in [1.165, 1.54) is 0 Å². The molecule has 1 aliphatic rings. The van der Waals surface area contributed by atoms with Crippen molar-refractivity contribution in [3.05, 3.63) is 41.3 Å². The van der Waals surface area contributed by atoms with Crippen LogP contribution in [0.25, 0.3) is 5.82 Å². The Bertz CT molecular complexity index is 827. The molecule has 1 saturated heterocycles. The quantitative estimate of drug-likeness (QED) is 0.820. The molecule has 7 nitrogen and oxygen atoms in total. The summed E-state index contributed by atoms with van der Waals surface area (Å²) in [7, 11) is 0. The topological polar surface area (TPSA) is 70.8 Å². The zero-order valence-electron chi connectivity index (χ0n) is 19.3. The van der Waals surface area contributed by atoms with Crippen LogP contribution < -0.4 is 4.90 Å². The van der Waals surface area contributed by atoms with E-state index < -0.39 is 0 Å². The summed E-state index contributed by atoms with van der Waals surface area (Å²) in [6.07, 6.45) is 1.35. The van der Waals surface area contributed by atoms with Gasteiger partial charge in [-0.2, -0.15) is 0 Å². The first kappa shape index (κ1) is 23.7. The molecule has 0 aliphatic carbocycles. The molecule has 0 saturated carbocycles. The van der Waals surface area contributed by atoms with E-state index in [-0.39, 0.29) is 24.8 Å². The van der Waals surface area contributed by atoms with Crippen LogP contribution in [0.5, 0.6) is 0 Å². The highest BCUT2D eigenvalue weighted by Gasteiger charge is 2.32. The Kier molecular flexibility index (Phi) is 8.29. The number of carbonyl (C=O) groups is 1. The maximum Gasteiger partial charge on any atom is 0.410 e. The van der Waals surface area contributed by atoms with Crippen molar-refractivity contribution >= 4 is 11.8 Å². The van der Waals surface area contributed by atoms with Crippen molar-refractivity contribution < 1.29 is 14.6 Å². The number of anilines is 1. The highest BCUT2D eigenvalue weighted by Crippen LogP contribution is 2.25. The summed E-state index contributed by atoms with van der Waals surface area (Å²) in [6, 6.07) is 5.96. The molecule has 30 heavy (non-hydrogen) atoms. The molecular formula is C23H36N4O3. The van der Waals surface area contributed by atoms with E-state index >= 15 is 0 Å². The first-order valence-electron chi connectivity index (χ1n) is 10.8. The average molecular weight is 417 g/mol. The molecule has 0 aromatic carbocycles. The van der Waals surface area contributed by atoms with E-state index in [9.17, 15) is 9.90 Å². The Hall–Kier alpha value is -2.54. The number of nitrogens with zero attached hydrogens (tertiary/aromatic N) is 4. The fraction of sp³-hybridized carbons (Fsp3) is 0.565. The van der Waals surface area contributed by atoms with Gasteiger partial charge >= 0.3 is 6.09 Å². The number of aliphatic hydroxyl groups excluding tert-OH is 1. The number of pyridine rings is 1. The Morgan fingerprint density at radius 3 is 2.37 bits per heavy atom. The second-order valence-corrected chi connectivity index (χ2v) is 7.69. The monoisotopic (exact) mass is 416 g/mol. The van der Waals surface area contributed by atoms with E-state index in [0.717, 1.165) is 28.5 Å². The van der Waals surface area contributed by atoms with Crippen molar-refractivity contribution in [2.45, 2.75) is 60.6 Å². The van der Waals surface area contributed by atoms with Crippen LogP contribution in [-0.2, 0) is 4.74 Å². The summed E-state index contributed by atoms with van der Waals surface area (Å²) in [6.45, 7) is 15.5. The van der Waals surface area contributed by atoms with Gasteiger partial charge in [-0.3, -0.25) is 4.90 Å². The van der Waals surface area contributed by atoms with Crippen molar-refractivity contribution in [3.8, 4) is 5.82 Å². The first-order valence-corrected chi connectivity index (χ1v) is 10.8. The third kappa shape index (κ3) is 5.14. The molecular weight excluding hydrogens is 380 g/mol. The van der Waals surface area contributed by atoms with Crippen LogP contribution in [0.3, 0.4) is 0 Å². The molecule has 0 bridgehead atoms. The fourth-order valence-electron chi connectivity index (χ4n) is 3.76. The summed E-state index contributed by atoms with van der Waals surface area (Å²) in [4.78, 5) is 20.8. The molecule has 3 rings (SSSR count). The van der Waals surface area contributed by atoms with Crippen LogP contribution >= 0.6 is 0 Å². The van der Waals surface area contributed by atoms with E-state index in [1.807, 2.05) is 33.9 Å². The number of hydrogen-bond donors (Lipinski definition) is 1. The molecule has 0 spiro atoms. The van der Waals surface area contributed by atoms with Crippen LogP contribution in [0, 0.1) is 20.8 Å². The van der Waals surface area contributed by atoms with Gasteiger partial charge in [-0.25, -0.2) is 9.78 Å². The smallest absolute Gasteiger partial charge is 0.410 e. The molecule has 7 heteroatoms. The molecule has 1 unspecified atom stereocenters. The maximum atomic E-state index is 12.3. The number of amides is 1. The number of aliphatic hydroxyl groups is 1. The van der Waals surface area contributed by atoms with Gasteiger partial charge in [0.15, 0.2) is 0 Å². The van der Waals surface area contributed by atoms with Crippen molar-refractivity contribution in [3.63, 3.8) is 0 Å². The highest BCUT2D eigenvalue weighted by molar-refractivity contribution is 5.69. The zero-order chi connectivity index (χ0) is 22.4. The molecule has 2 aromatic heterocycles. The van der Waals surface area contributed by atoms with Crippen LogP contribution in [0.2, 0.25) is 0 Å². The van der Waals surface area contributed by atoms with Gasteiger partial charge in [0.05, 0.1) is 30.6 Å². The third-order valence-electron chi connectivity index (χ3n) is 5.17. The molecule has 1 fully saturated rings. The predicted octanol–water partition coefficient (Wildman–Crippen LogP) is 3.85. The van der Waals surface area contributed by atoms with Crippen molar-refractivity contribution in [1.29, 1.82) is 0 Å². The number of carbonyl (C=O) groups excluding carboxylic acids is 1. The third-order valence-corrected chi connectivity index (χ3v) is 5.17. The summed E-state index contributed by atoms with van der Waals surface area (Å²) < 4.78 is 7.44. The SMILES string of the molecule is CC.Cc1cc(-n2c(C)ccc2C)ncc1N1CCN(C(=O)OC(C)C)C(CO)C1. The number of ether oxygens (including phenoxy) is 1. The standard InChI is InChI=1S/C21H30N4O3.C2H6/c1-14(2)28-21(27)24-9-8-23(12-18(24)13-26)19-11-22-20(10-15(19)3)25-16(4)6-7-17(25)5;1-2/h6-7,10-11,14,18,26H,8-9,12-13H2,1-5H3;1-2H3. The number of aromatic nitrogens is 2. The van der Waals surface area contributed by atoms with Gasteiger partial charge in [-0.05, 0) is 58.4 Å². The molecule has 1 aliphatic heterocycles. The lowest BCUT2D eigenvalue weighted by atomic mass is 10.1. The van der Waals surface area contributed by atoms with Crippen LogP contribution in [0.4, 0.5) is 10.5 Å². The second kappa shape index (κ2) is 10.5. The molecule has 166 valence electrons. The summed E-state index contributed by atoms with van der Waals surface area (Å²) in [5.41, 5.74) is 4.44.